The minimum atomic E-state index is -4.31. The van der Waals surface area contributed by atoms with E-state index in [0.717, 1.165) is 58.6 Å². The average molecular weight is 395 g/mol. The summed E-state index contributed by atoms with van der Waals surface area (Å²) in [4.78, 5) is 7.87. The Kier molecular flexibility index (Phi) is 5.36. The van der Waals surface area contributed by atoms with Crippen LogP contribution in [0, 0.1) is 0 Å². The SMILES string of the molecule is FC(F)(F)c1ccc(-c2ccc(CNCCc3nc4ccccc4[nH]3)cc2)cc1. The highest BCUT2D eigenvalue weighted by molar-refractivity contribution is 5.74. The van der Waals surface area contributed by atoms with Crippen LogP contribution in [0.4, 0.5) is 13.2 Å². The van der Waals surface area contributed by atoms with Crippen molar-refractivity contribution in [2.75, 3.05) is 6.54 Å². The zero-order chi connectivity index (χ0) is 20.3. The van der Waals surface area contributed by atoms with Crippen molar-refractivity contribution >= 4 is 11.0 Å². The Balaban J connectivity index is 1.30. The summed E-state index contributed by atoms with van der Waals surface area (Å²) in [6.07, 6.45) is -3.51. The summed E-state index contributed by atoms with van der Waals surface area (Å²) >= 11 is 0. The number of aromatic amines is 1. The Bertz CT molecular complexity index is 1050. The third-order valence-corrected chi connectivity index (χ3v) is 4.81. The fraction of sp³-hybridized carbons (Fsp3) is 0.174. The van der Waals surface area contributed by atoms with Crippen molar-refractivity contribution in [3.05, 3.63) is 89.7 Å². The molecule has 1 heterocycles. The molecule has 0 spiro atoms. The topological polar surface area (TPSA) is 40.7 Å². The Morgan fingerprint density at radius 3 is 2.14 bits per heavy atom. The summed E-state index contributed by atoms with van der Waals surface area (Å²) in [5.74, 6) is 0.955. The molecular formula is C23H20F3N3. The van der Waals surface area contributed by atoms with Crippen molar-refractivity contribution < 1.29 is 13.2 Å². The van der Waals surface area contributed by atoms with Crippen molar-refractivity contribution in [3.8, 4) is 11.1 Å². The number of nitrogens with zero attached hydrogens (tertiary/aromatic N) is 1. The molecule has 0 radical (unpaired) electrons. The van der Waals surface area contributed by atoms with E-state index in [2.05, 4.69) is 15.3 Å². The number of alkyl halides is 3. The predicted molar refractivity (Wildman–Crippen MR) is 108 cm³/mol. The van der Waals surface area contributed by atoms with Crippen LogP contribution in [-0.2, 0) is 19.1 Å². The molecule has 3 aromatic carbocycles. The molecule has 0 bridgehead atoms. The molecule has 6 heteroatoms. The fourth-order valence-electron chi connectivity index (χ4n) is 3.23. The van der Waals surface area contributed by atoms with Crippen LogP contribution >= 0.6 is 0 Å². The van der Waals surface area contributed by atoms with Gasteiger partial charge in [0, 0.05) is 19.5 Å². The molecule has 0 amide bonds. The van der Waals surface area contributed by atoms with Gasteiger partial charge in [-0.25, -0.2) is 4.98 Å². The van der Waals surface area contributed by atoms with Gasteiger partial charge < -0.3 is 10.3 Å². The molecule has 1 aromatic heterocycles. The number of imidazole rings is 1. The first kappa shape index (κ1) is 19.2. The molecule has 4 aromatic rings. The number of benzene rings is 3. The van der Waals surface area contributed by atoms with Crippen molar-refractivity contribution in [2.45, 2.75) is 19.1 Å². The lowest BCUT2D eigenvalue weighted by atomic mass is 10.0. The number of hydrogen-bond acceptors (Lipinski definition) is 2. The number of fused-ring (bicyclic) bond motifs is 1. The van der Waals surface area contributed by atoms with E-state index in [9.17, 15) is 13.2 Å². The zero-order valence-electron chi connectivity index (χ0n) is 15.6. The average Bonchev–Trinajstić information content (AvgIpc) is 3.14. The molecule has 29 heavy (non-hydrogen) atoms. The Labute approximate surface area is 166 Å². The van der Waals surface area contributed by atoms with Gasteiger partial charge in [-0.1, -0.05) is 48.5 Å². The molecular weight excluding hydrogens is 375 g/mol. The van der Waals surface area contributed by atoms with E-state index in [4.69, 9.17) is 0 Å². The first-order chi connectivity index (χ1) is 14.0. The van der Waals surface area contributed by atoms with Gasteiger partial charge in [0.25, 0.3) is 0 Å². The molecule has 0 aliphatic heterocycles. The Morgan fingerprint density at radius 1 is 0.828 bits per heavy atom. The summed E-state index contributed by atoms with van der Waals surface area (Å²) in [6, 6.07) is 21.0. The van der Waals surface area contributed by atoms with E-state index in [1.807, 2.05) is 48.5 Å². The van der Waals surface area contributed by atoms with E-state index < -0.39 is 11.7 Å². The van der Waals surface area contributed by atoms with Crippen LogP contribution in [0.3, 0.4) is 0 Å². The lowest BCUT2D eigenvalue weighted by Crippen LogP contribution is -2.17. The normalized spacial score (nSPS) is 11.8. The first-order valence-electron chi connectivity index (χ1n) is 9.40. The number of rotatable bonds is 6. The molecule has 148 valence electrons. The second-order valence-corrected chi connectivity index (χ2v) is 6.90. The van der Waals surface area contributed by atoms with E-state index in [0.29, 0.717) is 6.54 Å². The molecule has 0 fully saturated rings. The number of H-pyrrole nitrogens is 1. The summed E-state index contributed by atoms with van der Waals surface area (Å²) < 4.78 is 38.0. The molecule has 2 N–H and O–H groups in total. The van der Waals surface area contributed by atoms with Crippen LogP contribution in [0.15, 0.2) is 72.8 Å². The highest BCUT2D eigenvalue weighted by atomic mass is 19.4. The maximum absolute atomic E-state index is 12.7. The van der Waals surface area contributed by atoms with Crippen LogP contribution < -0.4 is 5.32 Å². The number of halogens is 3. The summed E-state index contributed by atoms with van der Waals surface area (Å²) in [7, 11) is 0. The quantitative estimate of drug-likeness (QED) is 0.419. The smallest absolute Gasteiger partial charge is 0.342 e. The third-order valence-electron chi connectivity index (χ3n) is 4.81. The van der Waals surface area contributed by atoms with Gasteiger partial charge in [0.15, 0.2) is 0 Å². The van der Waals surface area contributed by atoms with Gasteiger partial charge in [0.2, 0.25) is 0 Å². The molecule has 0 saturated heterocycles. The van der Waals surface area contributed by atoms with Gasteiger partial charge in [-0.15, -0.1) is 0 Å². The number of hydrogen-bond donors (Lipinski definition) is 2. The second-order valence-electron chi connectivity index (χ2n) is 6.90. The highest BCUT2D eigenvalue weighted by Gasteiger charge is 2.29. The molecule has 0 aliphatic carbocycles. The molecule has 0 aliphatic rings. The second kappa shape index (κ2) is 8.09. The lowest BCUT2D eigenvalue weighted by Gasteiger charge is -2.09. The maximum atomic E-state index is 12.7. The van der Waals surface area contributed by atoms with E-state index >= 15 is 0 Å². The zero-order valence-corrected chi connectivity index (χ0v) is 15.6. The summed E-state index contributed by atoms with van der Waals surface area (Å²) in [6.45, 7) is 1.51. The number of para-hydroxylation sites is 2. The minimum Gasteiger partial charge on any atom is -0.342 e. The standard InChI is InChI=1S/C23H20F3N3/c24-23(25,26)19-11-9-18(10-12-19)17-7-5-16(6-8-17)15-27-14-13-22-28-20-3-1-2-4-21(20)29-22/h1-12,27H,13-15H2,(H,28,29). The predicted octanol–water partition coefficient (Wildman–Crippen LogP) is 5.58. The van der Waals surface area contributed by atoms with Gasteiger partial charge in [-0.2, -0.15) is 13.2 Å². The Morgan fingerprint density at radius 2 is 1.48 bits per heavy atom. The minimum absolute atomic E-state index is 0.633. The van der Waals surface area contributed by atoms with Crippen LogP contribution in [0.25, 0.3) is 22.2 Å². The molecule has 4 rings (SSSR count). The van der Waals surface area contributed by atoms with Gasteiger partial charge in [-0.05, 0) is 41.0 Å². The first-order valence-corrected chi connectivity index (χ1v) is 9.40. The number of nitrogens with one attached hydrogen (secondary N) is 2. The van der Waals surface area contributed by atoms with Gasteiger partial charge in [0.05, 0.1) is 16.6 Å². The summed E-state index contributed by atoms with van der Waals surface area (Å²) in [5.41, 5.74) is 4.16. The van der Waals surface area contributed by atoms with Crippen molar-refractivity contribution in [1.82, 2.24) is 15.3 Å². The molecule has 0 atom stereocenters. The van der Waals surface area contributed by atoms with Crippen LogP contribution in [0.1, 0.15) is 17.0 Å². The Hall–Kier alpha value is -3.12. The van der Waals surface area contributed by atoms with Gasteiger partial charge in [0.1, 0.15) is 5.82 Å². The molecule has 3 nitrogen and oxygen atoms in total. The fourth-order valence-corrected chi connectivity index (χ4v) is 3.23. The highest BCUT2D eigenvalue weighted by Crippen LogP contribution is 2.31. The largest absolute Gasteiger partial charge is 0.416 e. The molecule has 0 saturated carbocycles. The van der Waals surface area contributed by atoms with Crippen LogP contribution in [-0.4, -0.2) is 16.5 Å². The molecule has 0 unspecified atom stereocenters. The third kappa shape index (κ3) is 4.66. The van der Waals surface area contributed by atoms with E-state index in [1.54, 1.807) is 0 Å². The summed E-state index contributed by atoms with van der Waals surface area (Å²) in [5, 5.41) is 3.39. The van der Waals surface area contributed by atoms with Gasteiger partial charge >= 0.3 is 6.18 Å². The van der Waals surface area contributed by atoms with Crippen LogP contribution in [0.5, 0.6) is 0 Å². The van der Waals surface area contributed by atoms with Gasteiger partial charge in [-0.3, -0.25) is 0 Å². The van der Waals surface area contributed by atoms with E-state index in [1.165, 1.54) is 12.1 Å². The van der Waals surface area contributed by atoms with Crippen molar-refractivity contribution in [1.29, 1.82) is 0 Å². The van der Waals surface area contributed by atoms with Crippen LogP contribution in [0.2, 0.25) is 0 Å². The van der Waals surface area contributed by atoms with Crippen molar-refractivity contribution in [3.63, 3.8) is 0 Å². The maximum Gasteiger partial charge on any atom is 0.416 e. The lowest BCUT2D eigenvalue weighted by molar-refractivity contribution is -0.137. The number of aromatic nitrogens is 2. The van der Waals surface area contributed by atoms with E-state index in [-0.39, 0.29) is 0 Å². The monoisotopic (exact) mass is 395 g/mol. The van der Waals surface area contributed by atoms with Crippen molar-refractivity contribution in [2.24, 2.45) is 0 Å².